The molecular formula is C22H27N5O2. The summed E-state index contributed by atoms with van der Waals surface area (Å²) in [6.07, 6.45) is 1.63. The van der Waals surface area contributed by atoms with Crippen molar-refractivity contribution >= 4 is 23.5 Å². The summed E-state index contributed by atoms with van der Waals surface area (Å²) >= 11 is 0. The lowest BCUT2D eigenvalue weighted by Gasteiger charge is -2.19. The van der Waals surface area contributed by atoms with Crippen molar-refractivity contribution in [2.45, 2.75) is 12.8 Å². The Balaban J connectivity index is 1.47. The Morgan fingerprint density at radius 2 is 1.93 bits per heavy atom. The van der Waals surface area contributed by atoms with Crippen LogP contribution in [0.4, 0.5) is 5.69 Å². The van der Waals surface area contributed by atoms with Crippen LogP contribution in [0.1, 0.15) is 21.5 Å². The molecule has 0 bridgehead atoms. The molecule has 0 spiro atoms. The lowest BCUT2D eigenvalue weighted by atomic mass is 10.1. The Morgan fingerprint density at radius 3 is 2.72 bits per heavy atom. The Hall–Kier alpha value is -3.35. The van der Waals surface area contributed by atoms with E-state index >= 15 is 0 Å². The Labute approximate surface area is 171 Å². The number of fused-ring (bicyclic) bond motifs is 1. The van der Waals surface area contributed by atoms with E-state index in [0.717, 1.165) is 24.1 Å². The van der Waals surface area contributed by atoms with Gasteiger partial charge in [-0.1, -0.05) is 30.3 Å². The van der Waals surface area contributed by atoms with Crippen LogP contribution in [0, 0.1) is 0 Å². The van der Waals surface area contributed by atoms with Gasteiger partial charge in [-0.05, 0) is 42.2 Å². The average Bonchev–Trinajstić information content (AvgIpc) is 3.19. The number of nitrogens with zero attached hydrogens (tertiary/aromatic N) is 2. The van der Waals surface area contributed by atoms with E-state index in [4.69, 9.17) is 0 Å². The van der Waals surface area contributed by atoms with E-state index in [0.29, 0.717) is 24.6 Å². The third kappa shape index (κ3) is 5.13. The summed E-state index contributed by atoms with van der Waals surface area (Å²) < 4.78 is 0. The minimum Gasteiger partial charge on any atom is -0.356 e. The Bertz CT molecular complexity index is 910. The number of carbonyl (C=O) groups is 2. The standard InChI is InChI=1S/C22H27N5O2/c1-23-21(29)18-8-5-6-16(14-18)10-12-25-22(24-2)26-15-20(28)27-13-11-17-7-3-4-9-19(17)27/h3-9,14H,10-13,15H2,1-2H3,(H,23,29)(H2,24,25,26). The first-order valence-electron chi connectivity index (χ1n) is 9.76. The maximum Gasteiger partial charge on any atom is 0.251 e. The van der Waals surface area contributed by atoms with Gasteiger partial charge in [0.1, 0.15) is 0 Å². The zero-order chi connectivity index (χ0) is 20.6. The van der Waals surface area contributed by atoms with E-state index in [1.165, 1.54) is 5.56 Å². The second-order valence-electron chi connectivity index (χ2n) is 6.81. The normalized spacial score (nSPS) is 13.0. The molecular weight excluding hydrogens is 366 g/mol. The predicted molar refractivity (Wildman–Crippen MR) is 115 cm³/mol. The van der Waals surface area contributed by atoms with E-state index in [2.05, 4.69) is 27.0 Å². The number of hydrogen-bond donors (Lipinski definition) is 3. The maximum atomic E-state index is 12.6. The quantitative estimate of drug-likeness (QED) is 0.511. The molecule has 0 atom stereocenters. The smallest absolute Gasteiger partial charge is 0.251 e. The van der Waals surface area contributed by atoms with Gasteiger partial charge in [-0.3, -0.25) is 14.6 Å². The fourth-order valence-corrected chi connectivity index (χ4v) is 3.41. The number of benzene rings is 2. The largest absolute Gasteiger partial charge is 0.356 e. The fourth-order valence-electron chi connectivity index (χ4n) is 3.41. The third-order valence-corrected chi connectivity index (χ3v) is 4.94. The predicted octanol–water partition coefficient (Wildman–Crippen LogP) is 1.34. The van der Waals surface area contributed by atoms with Crippen molar-refractivity contribution in [1.29, 1.82) is 0 Å². The molecule has 0 aromatic heterocycles. The number of para-hydroxylation sites is 1. The first-order chi connectivity index (χ1) is 14.1. The van der Waals surface area contributed by atoms with Crippen molar-refractivity contribution < 1.29 is 9.59 Å². The van der Waals surface area contributed by atoms with Crippen LogP contribution in [0.5, 0.6) is 0 Å². The van der Waals surface area contributed by atoms with Gasteiger partial charge < -0.3 is 20.9 Å². The van der Waals surface area contributed by atoms with Gasteiger partial charge in [0.2, 0.25) is 5.91 Å². The molecule has 7 nitrogen and oxygen atoms in total. The van der Waals surface area contributed by atoms with Crippen LogP contribution in [0.15, 0.2) is 53.5 Å². The summed E-state index contributed by atoms with van der Waals surface area (Å²) in [6.45, 7) is 1.53. The summed E-state index contributed by atoms with van der Waals surface area (Å²) in [5, 5.41) is 8.93. The first kappa shape index (κ1) is 20.4. The van der Waals surface area contributed by atoms with Crippen molar-refractivity contribution in [3.05, 3.63) is 65.2 Å². The number of aliphatic imine (C=N–C) groups is 1. The van der Waals surface area contributed by atoms with Gasteiger partial charge in [-0.25, -0.2) is 0 Å². The maximum absolute atomic E-state index is 12.6. The molecule has 3 N–H and O–H groups in total. The van der Waals surface area contributed by atoms with Crippen molar-refractivity contribution in [2.75, 3.05) is 38.6 Å². The molecule has 2 amide bonds. The van der Waals surface area contributed by atoms with E-state index in [-0.39, 0.29) is 18.4 Å². The Kier molecular flexibility index (Phi) is 6.84. The van der Waals surface area contributed by atoms with Gasteiger partial charge in [0, 0.05) is 38.4 Å². The van der Waals surface area contributed by atoms with E-state index < -0.39 is 0 Å². The number of hydrogen-bond acceptors (Lipinski definition) is 3. The second kappa shape index (κ2) is 9.73. The molecule has 1 aliphatic heterocycles. The van der Waals surface area contributed by atoms with Gasteiger partial charge in [-0.15, -0.1) is 0 Å². The lowest BCUT2D eigenvalue weighted by molar-refractivity contribution is -0.117. The van der Waals surface area contributed by atoms with Gasteiger partial charge in [0.25, 0.3) is 5.91 Å². The minimum absolute atomic E-state index is 0.0242. The molecule has 29 heavy (non-hydrogen) atoms. The van der Waals surface area contributed by atoms with Gasteiger partial charge in [-0.2, -0.15) is 0 Å². The molecule has 0 fully saturated rings. The van der Waals surface area contributed by atoms with Crippen LogP contribution < -0.4 is 20.9 Å². The van der Waals surface area contributed by atoms with Crippen LogP contribution in [-0.4, -0.2) is 51.5 Å². The summed E-state index contributed by atoms with van der Waals surface area (Å²) in [5.41, 5.74) is 3.91. The van der Waals surface area contributed by atoms with E-state index in [1.54, 1.807) is 20.2 Å². The van der Waals surface area contributed by atoms with Gasteiger partial charge in [0.15, 0.2) is 5.96 Å². The van der Waals surface area contributed by atoms with Crippen molar-refractivity contribution in [1.82, 2.24) is 16.0 Å². The number of carbonyl (C=O) groups excluding carboxylic acids is 2. The number of amides is 2. The molecule has 1 aliphatic rings. The van der Waals surface area contributed by atoms with Gasteiger partial charge in [0.05, 0.1) is 6.54 Å². The topological polar surface area (TPSA) is 85.8 Å². The SMILES string of the molecule is CN=C(NCCc1cccc(C(=O)NC)c1)NCC(=O)N1CCc2ccccc21. The van der Waals surface area contributed by atoms with Crippen LogP contribution in [0.3, 0.4) is 0 Å². The molecule has 0 saturated carbocycles. The number of anilines is 1. The van der Waals surface area contributed by atoms with E-state index in [1.807, 2.05) is 41.3 Å². The summed E-state index contributed by atoms with van der Waals surface area (Å²) in [6, 6.07) is 15.5. The molecule has 0 unspecified atom stereocenters. The zero-order valence-corrected chi connectivity index (χ0v) is 16.9. The summed E-state index contributed by atoms with van der Waals surface area (Å²) in [4.78, 5) is 30.3. The highest BCUT2D eigenvalue weighted by molar-refractivity contribution is 5.98. The van der Waals surface area contributed by atoms with Crippen LogP contribution in [0.25, 0.3) is 0 Å². The highest BCUT2D eigenvalue weighted by Gasteiger charge is 2.23. The lowest BCUT2D eigenvalue weighted by Crippen LogP contribution is -2.44. The molecule has 0 radical (unpaired) electrons. The van der Waals surface area contributed by atoms with Crippen molar-refractivity contribution in [3.8, 4) is 0 Å². The molecule has 2 aromatic carbocycles. The van der Waals surface area contributed by atoms with Crippen LogP contribution >= 0.6 is 0 Å². The third-order valence-electron chi connectivity index (χ3n) is 4.94. The highest BCUT2D eigenvalue weighted by atomic mass is 16.2. The second-order valence-corrected chi connectivity index (χ2v) is 6.81. The zero-order valence-electron chi connectivity index (χ0n) is 16.9. The van der Waals surface area contributed by atoms with Crippen molar-refractivity contribution in [3.63, 3.8) is 0 Å². The van der Waals surface area contributed by atoms with Crippen LogP contribution in [0.2, 0.25) is 0 Å². The molecule has 7 heteroatoms. The van der Waals surface area contributed by atoms with Crippen LogP contribution in [-0.2, 0) is 17.6 Å². The molecule has 3 rings (SSSR count). The van der Waals surface area contributed by atoms with E-state index in [9.17, 15) is 9.59 Å². The van der Waals surface area contributed by atoms with Crippen molar-refractivity contribution in [2.24, 2.45) is 4.99 Å². The minimum atomic E-state index is -0.0979. The Morgan fingerprint density at radius 1 is 1.10 bits per heavy atom. The molecule has 0 saturated heterocycles. The van der Waals surface area contributed by atoms with Gasteiger partial charge >= 0.3 is 0 Å². The average molecular weight is 393 g/mol. The highest BCUT2D eigenvalue weighted by Crippen LogP contribution is 2.27. The monoisotopic (exact) mass is 393 g/mol. The summed E-state index contributed by atoms with van der Waals surface area (Å²) in [5.74, 6) is 0.503. The molecule has 1 heterocycles. The molecule has 0 aliphatic carbocycles. The fraction of sp³-hybridized carbons (Fsp3) is 0.318. The number of rotatable bonds is 6. The first-order valence-corrected chi connectivity index (χ1v) is 9.76. The number of nitrogens with one attached hydrogen (secondary N) is 3. The molecule has 152 valence electrons. The molecule has 2 aromatic rings. The number of guanidine groups is 1. The summed E-state index contributed by atoms with van der Waals surface area (Å²) in [7, 11) is 3.30.